The van der Waals surface area contributed by atoms with Gasteiger partial charge in [-0.15, -0.1) is 0 Å². The maximum Gasteiger partial charge on any atom is 0.425 e. The number of rotatable bonds is 2. The van der Waals surface area contributed by atoms with Crippen LogP contribution in [0.3, 0.4) is 0 Å². The molecule has 0 unspecified atom stereocenters. The molecule has 1 aromatic carbocycles. The highest BCUT2D eigenvalue weighted by Gasteiger charge is 2.35. The van der Waals surface area contributed by atoms with Gasteiger partial charge in [0.15, 0.2) is 5.82 Å². The normalized spacial score (nSPS) is 11.4. The number of imide groups is 1. The zero-order chi connectivity index (χ0) is 26.6. The molecule has 0 aliphatic carbocycles. The second kappa shape index (κ2) is 10.8. The van der Waals surface area contributed by atoms with Gasteiger partial charge in [0.2, 0.25) is 0 Å². The molecule has 0 saturated carbocycles. The summed E-state index contributed by atoms with van der Waals surface area (Å²) >= 11 is 0. The molecule has 0 fully saturated rings. The molecule has 0 radical (unpaired) electrons. The number of benzene rings is 1. The van der Waals surface area contributed by atoms with Gasteiger partial charge in [0.25, 0.3) is 0 Å². The van der Waals surface area contributed by atoms with Crippen molar-refractivity contribution in [1.82, 2.24) is 9.97 Å². The zero-order valence-electron chi connectivity index (χ0n) is 21.9. The van der Waals surface area contributed by atoms with Gasteiger partial charge in [-0.2, -0.15) is 4.90 Å². The molecular weight excluding hydrogens is 449 g/mol. The number of pyridine rings is 2. The Morgan fingerprint density at radius 3 is 2.00 bits per heavy atom. The van der Waals surface area contributed by atoms with Crippen molar-refractivity contribution in [2.75, 3.05) is 4.90 Å². The number of aryl methyl sites for hydroxylation is 1. The lowest BCUT2D eigenvalue weighted by Crippen LogP contribution is -2.44. The predicted molar refractivity (Wildman–Crippen MR) is 136 cm³/mol. The van der Waals surface area contributed by atoms with Crippen LogP contribution >= 0.6 is 0 Å². The molecule has 188 valence electrons. The second-order valence-corrected chi connectivity index (χ2v) is 9.66. The van der Waals surface area contributed by atoms with Crippen molar-refractivity contribution in [2.24, 2.45) is 0 Å². The summed E-state index contributed by atoms with van der Waals surface area (Å²) < 4.78 is 24.7. The highest BCUT2D eigenvalue weighted by molar-refractivity contribution is 6.13. The summed E-state index contributed by atoms with van der Waals surface area (Å²) in [6.07, 6.45) is -0.331. The summed E-state index contributed by atoms with van der Waals surface area (Å²) in [6.45, 7) is 16.0. The Morgan fingerprint density at radius 1 is 0.914 bits per heavy atom. The number of ether oxygens (including phenoxy) is 2. The number of hydrogen-bond acceptors (Lipinski definition) is 6. The molecule has 2 aromatic heterocycles. The first-order valence-corrected chi connectivity index (χ1v) is 11.5. The van der Waals surface area contributed by atoms with Crippen LogP contribution in [0.2, 0.25) is 0 Å². The van der Waals surface area contributed by atoms with Crippen LogP contribution in [0.1, 0.15) is 61.0 Å². The van der Waals surface area contributed by atoms with Gasteiger partial charge in [0.05, 0.1) is 5.69 Å². The number of carbonyl (C=O) groups excluding carboxylic acids is 2. The molecule has 0 spiro atoms. The number of carbonyl (C=O) groups is 2. The molecule has 7 nitrogen and oxygen atoms in total. The largest absolute Gasteiger partial charge is 0.443 e. The molecule has 0 saturated heterocycles. The van der Waals surface area contributed by atoms with E-state index in [-0.39, 0.29) is 11.3 Å². The third-order valence-corrected chi connectivity index (χ3v) is 4.40. The molecule has 35 heavy (non-hydrogen) atoms. The molecule has 8 heteroatoms. The molecule has 2 amide bonds. The molecule has 0 aliphatic rings. The third-order valence-electron chi connectivity index (χ3n) is 4.40. The lowest BCUT2D eigenvalue weighted by Gasteiger charge is -2.28. The summed E-state index contributed by atoms with van der Waals surface area (Å²) in [5, 5.41) is 0.678. The van der Waals surface area contributed by atoms with E-state index in [1.54, 1.807) is 72.0 Å². The molecule has 0 atom stereocenters. The van der Waals surface area contributed by atoms with E-state index < -0.39 is 29.2 Å². The lowest BCUT2D eigenvalue weighted by atomic mass is 10.1. The van der Waals surface area contributed by atoms with Gasteiger partial charge in [-0.05, 0) is 72.2 Å². The smallest absolute Gasteiger partial charge is 0.425 e. The fraction of sp³-hybridized carbons (Fsp3) is 0.407. The minimum atomic E-state index is -0.938. The maximum absolute atomic E-state index is 13.8. The number of hydrogen-bond donors (Lipinski definition) is 0. The number of halogens is 1. The number of anilines is 1. The van der Waals surface area contributed by atoms with Crippen LogP contribution < -0.4 is 4.90 Å². The molecular formula is C27H34FN3O4. The van der Waals surface area contributed by atoms with Crippen molar-refractivity contribution in [3.63, 3.8) is 0 Å². The summed E-state index contributed by atoms with van der Waals surface area (Å²) in [4.78, 5) is 35.9. The standard InChI is InChI=1S/C25H28FN3O4.C2H6/c1-15-14-27-21(29(22(30)32-24(2,3)4)23(31)33-25(5,6)7)20-18(15)11-12-19(28-20)16-9-8-10-17(26)13-16;1-2/h8-14H,1-7H3;1-2H3. The Labute approximate surface area is 206 Å². The number of nitrogens with zero attached hydrogens (tertiary/aromatic N) is 3. The van der Waals surface area contributed by atoms with Crippen molar-refractivity contribution < 1.29 is 23.5 Å². The Hall–Kier alpha value is -3.55. The fourth-order valence-electron chi connectivity index (χ4n) is 3.07. The third kappa shape index (κ3) is 7.21. The maximum atomic E-state index is 13.8. The van der Waals surface area contributed by atoms with E-state index in [0.29, 0.717) is 16.6 Å². The SMILES string of the molecule is CC.Cc1cnc(N(C(=O)OC(C)(C)C)C(=O)OC(C)(C)C)c2nc(-c3cccc(F)c3)ccc12. The molecule has 3 rings (SSSR count). The number of amides is 2. The van der Waals surface area contributed by atoms with E-state index in [2.05, 4.69) is 9.97 Å². The van der Waals surface area contributed by atoms with Crippen molar-refractivity contribution in [1.29, 1.82) is 0 Å². The monoisotopic (exact) mass is 483 g/mol. The summed E-state index contributed by atoms with van der Waals surface area (Å²) in [6, 6.07) is 9.55. The first-order valence-electron chi connectivity index (χ1n) is 11.5. The van der Waals surface area contributed by atoms with Gasteiger partial charge in [-0.3, -0.25) is 0 Å². The minimum absolute atomic E-state index is 0.0302. The van der Waals surface area contributed by atoms with Gasteiger partial charge >= 0.3 is 12.2 Å². The Kier molecular flexibility index (Phi) is 8.55. The van der Waals surface area contributed by atoms with E-state index >= 15 is 0 Å². The van der Waals surface area contributed by atoms with Gasteiger partial charge in [0, 0.05) is 17.1 Å². The Morgan fingerprint density at radius 2 is 1.49 bits per heavy atom. The highest BCUT2D eigenvalue weighted by atomic mass is 19.1. The summed E-state index contributed by atoms with van der Waals surface area (Å²) in [7, 11) is 0. The van der Waals surface area contributed by atoms with Crippen LogP contribution in [0.5, 0.6) is 0 Å². The summed E-state index contributed by atoms with van der Waals surface area (Å²) in [5.74, 6) is -0.432. The van der Waals surface area contributed by atoms with Crippen LogP contribution in [0.25, 0.3) is 22.2 Å². The van der Waals surface area contributed by atoms with Crippen LogP contribution in [0, 0.1) is 12.7 Å². The van der Waals surface area contributed by atoms with Crippen molar-refractivity contribution in [3.8, 4) is 11.3 Å². The minimum Gasteiger partial charge on any atom is -0.443 e. The van der Waals surface area contributed by atoms with Gasteiger partial charge in [0.1, 0.15) is 22.5 Å². The van der Waals surface area contributed by atoms with E-state index in [4.69, 9.17) is 9.47 Å². The molecule has 0 aliphatic heterocycles. The first kappa shape index (κ1) is 27.7. The fourth-order valence-corrected chi connectivity index (χ4v) is 3.07. The van der Waals surface area contributed by atoms with Crippen LogP contribution in [-0.4, -0.2) is 33.4 Å². The van der Waals surface area contributed by atoms with Gasteiger partial charge < -0.3 is 9.47 Å². The van der Waals surface area contributed by atoms with E-state index in [9.17, 15) is 14.0 Å². The average molecular weight is 484 g/mol. The highest BCUT2D eigenvalue weighted by Crippen LogP contribution is 2.31. The van der Waals surface area contributed by atoms with E-state index in [1.807, 2.05) is 20.8 Å². The second-order valence-electron chi connectivity index (χ2n) is 9.66. The Balaban J connectivity index is 0.00000210. The van der Waals surface area contributed by atoms with Crippen molar-refractivity contribution >= 4 is 28.9 Å². The summed E-state index contributed by atoms with van der Waals surface area (Å²) in [5.41, 5.74) is 0.360. The van der Waals surface area contributed by atoms with Crippen LogP contribution in [-0.2, 0) is 9.47 Å². The van der Waals surface area contributed by atoms with Gasteiger partial charge in [-0.1, -0.05) is 32.0 Å². The molecule has 0 bridgehead atoms. The molecule has 3 aromatic rings. The quantitative estimate of drug-likeness (QED) is 0.376. The number of aromatic nitrogens is 2. The topological polar surface area (TPSA) is 81.6 Å². The van der Waals surface area contributed by atoms with Crippen molar-refractivity contribution in [2.45, 2.75) is 73.5 Å². The van der Waals surface area contributed by atoms with Crippen LogP contribution in [0.15, 0.2) is 42.6 Å². The van der Waals surface area contributed by atoms with Crippen molar-refractivity contribution in [3.05, 3.63) is 54.0 Å². The lowest BCUT2D eigenvalue weighted by molar-refractivity contribution is 0.0429. The van der Waals surface area contributed by atoms with E-state index in [0.717, 1.165) is 10.5 Å². The Bertz CT molecular complexity index is 1190. The van der Waals surface area contributed by atoms with E-state index in [1.165, 1.54) is 12.1 Å². The van der Waals surface area contributed by atoms with Gasteiger partial charge in [-0.25, -0.2) is 23.9 Å². The number of fused-ring (bicyclic) bond motifs is 1. The zero-order valence-corrected chi connectivity index (χ0v) is 21.9. The average Bonchev–Trinajstić information content (AvgIpc) is 2.74. The first-order chi connectivity index (χ1) is 16.2. The predicted octanol–water partition coefficient (Wildman–Crippen LogP) is 7.45. The van der Waals surface area contributed by atoms with Crippen LogP contribution in [0.4, 0.5) is 19.8 Å². The molecule has 2 heterocycles. The molecule has 0 N–H and O–H groups in total.